The maximum atomic E-state index is 10.8. The van der Waals surface area contributed by atoms with Crippen molar-refractivity contribution in [2.75, 3.05) is 0 Å². The second kappa shape index (κ2) is 3.84. The fourth-order valence-corrected chi connectivity index (χ4v) is 1.09. The van der Waals surface area contributed by atoms with Crippen molar-refractivity contribution in [2.24, 2.45) is 0 Å². The van der Waals surface area contributed by atoms with Crippen molar-refractivity contribution in [3.05, 3.63) is 26.4 Å². The summed E-state index contributed by atoms with van der Waals surface area (Å²) in [5.41, 5.74) is -1.28. The average Bonchev–Trinajstić information content (AvgIpc) is 2.81. The molecule has 0 unspecified atom stereocenters. The van der Waals surface area contributed by atoms with Crippen molar-refractivity contribution in [3.8, 4) is 11.4 Å². The fraction of sp³-hybridized carbons (Fsp3) is 0. The van der Waals surface area contributed by atoms with Crippen LogP contribution < -0.4 is 0 Å². The summed E-state index contributed by atoms with van der Waals surface area (Å²) in [6.07, 6.45) is 1.13. The summed E-state index contributed by atoms with van der Waals surface area (Å²) >= 11 is 0. The van der Waals surface area contributed by atoms with E-state index in [0.29, 0.717) is 0 Å². The van der Waals surface area contributed by atoms with Crippen molar-refractivity contribution >= 4 is 11.5 Å². The zero-order valence-corrected chi connectivity index (χ0v) is 7.84. The Morgan fingerprint density at radius 1 is 1.18 bits per heavy atom. The van der Waals surface area contributed by atoms with E-state index >= 15 is 0 Å². The van der Waals surface area contributed by atoms with Gasteiger partial charge in [0.1, 0.15) is 10.8 Å². The molecule has 12 heteroatoms. The van der Waals surface area contributed by atoms with Gasteiger partial charge in [0, 0.05) is 0 Å². The highest BCUT2D eigenvalue weighted by molar-refractivity contribution is 5.69. The number of hydrogen-bond acceptors (Lipinski definition) is 9. The molecule has 0 saturated carbocycles. The zero-order chi connectivity index (χ0) is 12.4. The summed E-state index contributed by atoms with van der Waals surface area (Å²) in [6, 6.07) is 0. The first kappa shape index (κ1) is 10.5. The number of H-pyrrole nitrogens is 1. The van der Waals surface area contributed by atoms with Crippen molar-refractivity contribution in [2.45, 2.75) is 0 Å². The Morgan fingerprint density at radius 2 is 1.94 bits per heavy atom. The molecule has 0 bridgehead atoms. The molecule has 1 N–H and O–H groups in total. The molecule has 0 aromatic carbocycles. The van der Waals surface area contributed by atoms with Gasteiger partial charge in [-0.2, -0.15) is 15.4 Å². The monoisotopic (exact) mass is 238 g/mol. The second-order valence-corrected chi connectivity index (χ2v) is 2.68. The first-order valence-corrected chi connectivity index (χ1v) is 3.99. The minimum Gasteiger partial charge on any atom is -0.358 e. The molecule has 2 rings (SSSR count). The van der Waals surface area contributed by atoms with E-state index in [9.17, 15) is 20.2 Å². The van der Waals surface area contributed by atoms with Crippen LogP contribution in [0.4, 0.5) is 11.5 Å². The Balaban J connectivity index is 2.72. The topological polar surface area (TPSA) is 167 Å². The Labute approximate surface area is 91.0 Å². The highest BCUT2D eigenvalue weighted by Crippen LogP contribution is 2.31. The average molecular weight is 238 g/mol. The highest BCUT2D eigenvalue weighted by atomic mass is 16.6. The second-order valence-electron chi connectivity index (χ2n) is 2.68. The first-order valence-electron chi connectivity index (χ1n) is 3.99. The van der Waals surface area contributed by atoms with Crippen molar-refractivity contribution in [1.82, 2.24) is 30.8 Å². The Hall–Kier alpha value is -3.05. The van der Waals surface area contributed by atoms with Crippen LogP contribution in [0.5, 0.6) is 0 Å². The van der Waals surface area contributed by atoms with Gasteiger partial charge in [0.15, 0.2) is 0 Å². The molecule has 0 fully saturated rings. The van der Waals surface area contributed by atoms with Gasteiger partial charge in [0.2, 0.25) is 5.69 Å². The number of aromatic nitrogens is 6. The summed E-state index contributed by atoms with van der Waals surface area (Å²) in [6.45, 7) is 0. The molecule has 0 saturated heterocycles. The molecule has 0 aliphatic rings. The largest absolute Gasteiger partial charge is 0.472 e. The summed E-state index contributed by atoms with van der Waals surface area (Å²) in [5.74, 6) is -0.997. The SMILES string of the molecule is O=[N+]([O-])c1nnnc(-c2cn[nH]n2)c1[N+](=O)[O-]. The van der Waals surface area contributed by atoms with Gasteiger partial charge in [-0.15, -0.1) is 0 Å². The smallest absolute Gasteiger partial charge is 0.358 e. The van der Waals surface area contributed by atoms with Crippen LogP contribution in [-0.4, -0.2) is 40.7 Å². The zero-order valence-electron chi connectivity index (χ0n) is 7.84. The van der Waals surface area contributed by atoms with Gasteiger partial charge in [-0.3, -0.25) is 10.1 Å². The number of hydrogen-bond donors (Lipinski definition) is 1. The van der Waals surface area contributed by atoms with Crippen LogP contribution in [-0.2, 0) is 0 Å². The van der Waals surface area contributed by atoms with Crippen LogP contribution in [0, 0.1) is 20.2 Å². The molecule has 0 spiro atoms. The van der Waals surface area contributed by atoms with E-state index in [1.165, 1.54) is 0 Å². The molecule has 0 aliphatic carbocycles. The summed E-state index contributed by atoms with van der Waals surface area (Å²) in [5, 5.41) is 40.0. The standard InChI is InChI=1S/C5H2N8O4/c14-12(15)4-3(2-1-6-10-7-2)8-11-9-5(4)13(16)17/h1H,(H,6,7,10). The molecule has 0 amide bonds. The summed E-state index contributed by atoms with van der Waals surface area (Å²) in [4.78, 5) is 19.4. The van der Waals surface area contributed by atoms with Crippen LogP contribution >= 0.6 is 0 Å². The molecular formula is C5H2N8O4. The van der Waals surface area contributed by atoms with Crippen LogP contribution in [0.3, 0.4) is 0 Å². The lowest BCUT2D eigenvalue weighted by Gasteiger charge is -1.96. The van der Waals surface area contributed by atoms with Gasteiger partial charge in [0.05, 0.1) is 16.3 Å². The normalized spacial score (nSPS) is 10.1. The van der Waals surface area contributed by atoms with Gasteiger partial charge in [0.25, 0.3) is 0 Å². The molecule has 0 aliphatic heterocycles. The maximum absolute atomic E-state index is 10.8. The number of nitrogens with zero attached hydrogens (tertiary/aromatic N) is 7. The van der Waals surface area contributed by atoms with E-state index in [-0.39, 0.29) is 11.4 Å². The van der Waals surface area contributed by atoms with Gasteiger partial charge in [-0.05, 0) is 4.92 Å². The summed E-state index contributed by atoms with van der Waals surface area (Å²) < 4.78 is 0. The lowest BCUT2D eigenvalue weighted by Crippen LogP contribution is -2.05. The molecule has 12 nitrogen and oxygen atoms in total. The van der Waals surface area contributed by atoms with Gasteiger partial charge >= 0.3 is 11.5 Å². The number of rotatable bonds is 3. The lowest BCUT2D eigenvalue weighted by atomic mass is 10.3. The van der Waals surface area contributed by atoms with Crippen LogP contribution in [0.2, 0.25) is 0 Å². The Morgan fingerprint density at radius 3 is 2.47 bits per heavy atom. The third-order valence-corrected chi connectivity index (χ3v) is 1.73. The number of nitrogens with one attached hydrogen (secondary N) is 1. The first-order chi connectivity index (χ1) is 8.11. The quantitative estimate of drug-likeness (QED) is 0.545. The number of aromatic amines is 1. The van der Waals surface area contributed by atoms with Gasteiger partial charge in [-0.1, -0.05) is 5.10 Å². The van der Waals surface area contributed by atoms with Gasteiger partial charge < -0.3 is 10.1 Å². The van der Waals surface area contributed by atoms with Crippen LogP contribution in [0.1, 0.15) is 0 Å². The van der Waals surface area contributed by atoms with E-state index in [0.717, 1.165) is 6.20 Å². The summed E-state index contributed by atoms with van der Waals surface area (Å²) in [7, 11) is 0. The molecule has 2 heterocycles. The Kier molecular flexibility index (Phi) is 2.36. The van der Waals surface area contributed by atoms with E-state index < -0.39 is 21.4 Å². The third kappa shape index (κ3) is 1.73. The minimum absolute atomic E-state index is 0.0327. The van der Waals surface area contributed by atoms with Gasteiger partial charge in [-0.25, -0.2) is 0 Å². The van der Waals surface area contributed by atoms with Crippen molar-refractivity contribution < 1.29 is 9.85 Å². The van der Waals surface area contributed by atoms with E-state index in [4.69, 9.17) is 0 Å². The van der Waals surface area contributed by atoms with Crippen LogP contribution in [0.15, 0.2) is 6.20 Å². The molecule has 86 valence electrons. The lowest BCUT2D eigenvalue weighted by molar-refractivity contribution is -0.426. The molecule has 0 radical (unpaired) electrons. The predicted molar refractivity (Wildman–Crippen MR) is 48.5 cm³/mol. The molecular weight excluding hydrogens is 236 g/mol. The van der Waals surface area contributed by atoms with Crippen LogP contribution in [0.25, 0.3) is 11.4 Å². The maximum Gasteiger partial charge on any atom is 0.472 e. The highest BCUT2D eigenvalue weighted by Gasteiger charge is 2.34. The molecule has 2 aromatic heterocycles. The van der Waals surface area contributed by atoms with Crippen molar-refractivity contribution in [1.29, 1.82) is 0 Å². The third-order valence-electron chi connectivity index (χ3n) is 1.73. The Bertz CT molecular complexity index is 580. The fourth-order valence-electron chi connectivity index (χ4n) is 1.09. The van der Waals surface area contributed by atoms with E-state index in [1.54, 1.807) is 0 Å². The molecule has 17 heavy (non-hydrogen) atoms. The number of nitro groups is 2. The van der Waals surface area contributed by atoms with Crippen molar-refractivity contribution in [3.63, 3.8) is 0 Å². The molecule has 0 atom stereocenters. The van der Waals surface area contributed by atoms with E-state index in [1.807, 2.05) is 0 Å². The minimum atomic E-state index is -1.02. The molecule has 2 aromatic rings. The predicted octanol–water partition coefficient (Wildman–Crippen LogP) is -0.527. The van der Waals surface area contributed by atoms with E-state index in [2.05, 4.69) is 30.8 Å².